The van der Waals surface area contributed by atoms with Crippen LogP contribution in [0.4, 0.5) is 10.5 Å². The molecule has 0 radical (unpaired) electrons. The van der Waals surface area contributed by atoms with E-state index in [0.717, 1.165) is 47.4 Å². The smallest absolute Gasteiger partial charge is 0.417 e. The minimum atomic E-state index is -1.12. The minimum Gasteiger partial charge on any atom is -0.497 e. The first kappa shape index (κ1) is 40.2. The fourth-order valence-corrected chi connectivity index (χ4v) is 9.72. The summed E-state index contributed by atoms with van der Waals surface area (Å²) in [6.07, 6.45) is 8.69. The van der Waals surface area contributed by atoms with E-state index in [4.69, 9.17) is 28.5 Å². The second-order valence-electron chi connectivity index (χ2n) is 13.9. The average Bonchev–Trinajstić information content (AvgIpc) is 3.20. The normalized spacial score (nSPS) is 24.4. The number of nitrogens with zero attached hydrogens (tertiary/aromatic N) is 1. The van der Waals surface area contributed by atoms with Crippen LogP contribution in [0.15, 0.2) is 101 Å². The van der Waals surface area contributed by atoms with E-state index >= 15 is 0 Å². The zero-order valence-corrected chi connectivity index (χ0v) is 32.6. The number of rotatable bonds is 18. The molecular formula is C43H52N2O9S. The van der Waals surface area contributed by atoms with Crippen molar-refractivity contribution in [3.05, 3.63) is 96.6 Å². The lowest BCUT2D eigenvalue weighted by atomic mass is 9.56. The molecule has 1 amide bonds. The number of methoxy groups -OCH3 is 2. The number of benzene rings is 3. The van der Waals surface area contributed by atoms with Crippen LogP contribution in [-0.2, 0) is 9.57 Å². The van der Waals surface area contributed by atoms with Gasteiger partial charge in [-0.15, -0.1) is 18.3 Å². The Morgan fingerprint density at radius 1 is 0.982 bits per heavy atom. The van der Waals surface area contributed by atoms with Crippen LogP contribution in [0.5, 0.6) is 23.0 Å². The molecule has 0 bridgehead atoms. The first-order valence-corrected chi connectivity index (χ1v) is 19.8. The first-order chi connectivity index (χ1) is 26.9. The number of thioether (sulfide) groups is 1. The molecule has 1 fully saturated rings. The summed E-state index contributed by atoms with van der Waals surface area (Å²) in [4.78, 5) is 20.0. The van der Waals surface area contributed by atoms with Crippen molar-refractivity contribution in [2.75, 3.05) is 46.5 Å². The molecule has 1 saturated carbocycles. The Bertz CT molecular complexity index is 1840. The summed E-state index contributed by atoms with van der Waals surface area (Å²) in [5.74, 6) is 0.666. The Kier molecular flexibility index (Phi) is 13.8. The molecule has 55 heavy (non-hydrogen) atoms. The van der Waals surface area contributed by atoms with E-state index in [1.807, 2.05) is 30.3 Å². The molecule has 0 aromatic heterocycles. The molecule has 6 rings (SSSR count). The standard InChI is InChI=1S/C43H52N2O9S/c1-5-23-52-43-39(55-31-14-7-6-8-15-31)27-36(45-51-4)33-24-28(13-9-11-21-46)32(16-10-12-22-47)40(41(33)43)34-25-30(18-20-37(34)54-43)53-42(48)44-35-19-17-29(49-2)26-38(35)50-3/h5-8,14-15,17-20,24-26,28,32,39-41,46-47H,1,9-13,16,21-23,27H2,2-4H3,(H,44,48). The number of allylic oxidation sites excluding steroid dienone is 1. The number of nitrogens with one attached hydrogen (secondary N) is 1. The van der Waals surface area contributed by atoms with Gasteiger partial charge in [-0.2, -0.15) is 0 Å². The molecule has 3 aliphatic rings. The summed E-state index contributed by atoms with van der Waals surface area (Å²) in [7, 11) is 4.65. The van der Waals surface area contributed by atoms with Gasteiger partial charge in [-0.25, -0.2) is 4.79 Å². The Labute approximate surface area is 327 Å². The number of amides is 1. The van der Waals surface area contributed by atoms with Crippen LogP contribution in [0.1, 0.15) is 56.4 Å². The van der Waals surface area contributed by atoms with Crippen molar-refractivity contribution < 1.29 is 43.5 Å². The van der Waals surface area contributed by atoms with Crippen LogP contribution in [0, 0.1) is 17.8 Å². The van der Waals surface area contributed by atoms with Gasteiger partial charge in [0.15, 0.2) is 0 Å². The maximum atomic E-state index is 13.4. The molecule has 6 unspecified atom stereocenters. The molecule has 1 aliphatic heterocycles. The zero-order chi connectivity index (χ0) is 38.8. The Hall–Kier alpha value is -4.49. The molecule has 6 atom stereocenters. The van der Waals surface area contributed by atoms with Crippen molar-refractivity contribution in [3.63, 3.8) is 0 Å². The molecular weight excluding hydrogens is 721 g/mol. The number of unbranched alkanes of at least 4 members (excludes halogenated alkanes) is 2. The summed E-state index contributed by atoms with van der Waals surface area (Å²) in [6.45, 7) is 4.49. The second kappa shape index (κ2) is 18.9. The average molecular weight is 773 g/mol. The van der Waals surface area contributed by atoms with Crippen molar-refractivity contribution in [3.8, 4) is 23.0 Å². The number of carbonyl (C=O) groups excluding carboxylic acids is 1. The second-order valence-corrected chi connectivity index (χ2v) is 15.2. The minimum absolute atomic E-state index is 0.102. The number of fused-ring (bicyclic) bond motifs is 2. The fourth-order valence-electron chi connectivity index (χ4n) is 8.41. The maximum Gasteiger partial charge on any atom is 0.417 e. The van der Waals surface area contributed by atoms with Gasteiger partial charge in [-0.3, -0.25) is 5.32 Å². The molecule has 3 aromatic rings. The maximum absolute atomic E-state index is 13.4. The van der Waals surface area contributed by atoms with E-state index in [9.17, 15) is 15.0 Å². The number of carbonyl (C=O) groups is 1. The number of aliphatic hydroxyl groups is 2. The van der Waals surface area contributed by atoms with Gasteiger partial charge in [0, 0.05) is 42.1 Å². The van der Waals surface area contributed by atoms with Crippen LogP contribution >= 0.6 is 11.8 Å². The van der Waals surface area contributed by atoms with E-state index in [1.165, 1.54) is 7.11 Å². The van der Waals surface area contributed by atoms with Crippen LogP contribution in [0.3, 0.4) is 0 Å². The summed E-state index contributed by atoms with van der Waals surface area (Å²) < 4.78 is 30.9. The summed E-state index contributed by atoms with van der Waals surface area (Å²) >= 11 is 1.70. The molecule has 294 valence electrons. The zero-order valence-electron chi connectivity index (χ0n) is 31.8. The van der Waals surface area contributed by atoms with Crippen molar-refractivity contribution in [1.82, 2.24) is 0 Å². The molecule has 11 nitrogen and oxygen atoms in total. The highest BCUT2D eigenvalue weighted by Crippen LogP contribution is 2.63. The molecule has 1 heterocycles. The van der Waals surface area contributed by atoms with Crippen LogP contribution in [0.2, 0.25) is 0 Å². The van der Waals surface area contributed by atoms with Crippen molar-refractivity contribution in [1.29, 1.82) is 0 Å². The topological polar surface area (TPSA) is 137 Å². The molecule has 12 heteroatoms. The third-order valence-corrected chi connectivity index (χ3v) is 12.0. The highest BCUT2D eigenvalue weighted by Gasteiger charge is 2.64. The van der Waals surface area contributed by atoms with Crippen LogP contribution in [0.25, 0.3) is 0 Å². The van der Waals surface area contributed by atoms with Gasteiger partial charge < -0.3 is 38.7 Å². The molecule has 0 saturated heterocycles. The van der Waals surface area contributed by atoms with Crippen molar-refractivity contribution in [2.24, 2.45) is 22.9 Å². The molecule has 3 N–H and O–H groups in total. The van der Waals surface area contributed by atoms with E-state index in [-0.39, 0.29) is 48.7 Å². The number of anilines is 1. The van der Waals surface area contributed by atoms with Gasteiger partial charge in [0.05, 0.1) is 43.4 Å². The Balaban J connectivity index is 1.47. The van der Waals surface area contributed by atoms with Gasteiger partial charge in [0.25, 0.3) is 0 Å². The quantitative estimate of drug-likeness (QED) is 0.0657. The molecule has 2 aliphatic carbocycles. The predicted molar refractivity (Wildman–Crippen MR) is 213 cm³/mol. The van der Waals surface area contributed by atoms with E-state index in [0.29, 0.717) is 47.9 Å². The van der Waals surface area contributed by atoms with Gasteiger partial charge in [0.2, 0.25) is 5.79 Å². The highest BCUT2D eigenvalue weighted by molar-refractivity contribution is 8.00. The lowest BCUT2D eigenvalue weighted by Gasteiger charge is -2.58. The molecule has 0 spiro atoms. The largest absolute Gasteiger partial charge is 0.497 e. The predicted octanol–water partition coefficient (Wildman–Crippen LogP) is 8.37. The number of ether oxygens (including phenoxy) is 5. The van der Waals surface area contributed by atoms with Crippen LogP contribution in [-0.4, -0.2) is 74.2 Å². The van der Waals surface area contributed by atoms with E-state index < -0.39 is 11.9 Å². The van der Waals surface area contributed by atoms with Crippen molar-refractivity contribution >= 4 is 29.3 Å². The monoisotopic (exact) mass is 772 g/mol. The lowest BCUT2D eigenvalue weighted by Crippen LogP contribution is -2.64. The molecule has 3 aromatic carbocycles. The first-order valence-electron chi connectivity index (χ1n) is 18.9. The summed E-state index contributed by atoms with van der Waals surface area (Å²) in [5.41, 5.74) is 3.21. The van der Waals surface area contributed by atoms with Gasteiger partial charge in [-0.05, 0) is 85.6 Å². The lowest BCUT2D eigenvalue weighted by molar-refractivity contribution is -0.223. The number of hydrogen-bond donors (Lipinski definition) is 3. The highest BCUT2D eigenvalue weighted by atomic mass is 32.2. The Morgan fingerprint density at radius 2 is 1.75 bits per heavy atom. The number of hydrogen-bond acceptors (Lipinski definition) is 11. The van der Waals surface area contributed by atoms with Crippen LogP contribution < -0.4 is 24.3 Å². The van der Waals surface area contributed by atoms with E-state index in [2.05, 4.69) is 35.3 Å². The fraction of sp³-hybridized carbons (Fsp3) is 0.442. The number of aliphatic hydroxyl groups excluding tert-OH is 2. The Morgan fingerprint density at radius 3 is 2.45 bits per heavy atom. The third kappa shape index (κ3) is 8.83. The van der Waals surface area contributed by atoms with E-state index in [1.54, 1.807) is 56.3 Å². The van der Waals surface area contributed by atoms with Gasteiger partial charge in [-0.1, -0.05) is 48.3 Å². The SMILES string of the molecule is C=CCOC12Oc3ccc(OC(=O)Nc4ccc(OC)cc4OC)cc3C3C(CCCCO)C(CCCCO)C=C(C(=NOC)CC1Sc1ccccc1)C32. The summed E-state index contributed by atoms with van der Waals surface area (Å²) in [5, 5.41) is 26.8. The van der Waals surface area contributed by atoms with Gasteiger partial charge in [0.1, 0.15) is 30.1 Å². The summed E-state index contributed by atoms with van der Waals surface area (Å²) in [6, 6.07) is 20.8. The van der Waals surface area contributed by atoms with Crippen molar-refractivity contribution in [2.45, 2.75) is 66.8 Å². The van der Waals surface area contributed by atoms with Gasteiger partial charge >= 0.3 is 6.09 Å². The third-order valence-electron chi connectivity index (χ3n) is 10.7. The number of oxime groups is 1.